The van der Waals surface area contributed by atoms with Crippen molar-refractivity contribution in [2.75, 3.05) is 6.54 Å². The van der Waals surface area contributed by atoms with Crippen LogP contribution in [0.4, 0.5) is 0 Å². The number of aliphatic hydroxyl groups is 1. The summed E-state index contributed by atoms with van der Waals surface area (Å²) < 4.78 is 5.42. The minimum absolute atomic E-state index is 0.0607. The first-order valence-corrected chi connectivity index (χ1v) is 7.94. The Labute approximate surface area is 141 Å². The van der Waals surface area contributed by atoms with Crippen LogP contribution in [0.1, 0.15) is 47.2 Å². The molecule has 1 heterocycles. The van der Waals surface area contributed by atoms with E-state index in [9.17, 15) is 14.7 Å². The lowest BCUT2D eigenvalue weighted by molar-refractivity contribution is -0.122. The maximum Gasteiger partial charge on any atom is 0.220 e. The summed E-state index contributed by atoms with van der Waals surface area (Å²) in [7, 11) is 0. The highest BCUT2D eigenvalue weighted by Gasteiger charge is 2.28. The third-order valence-corrected chi connectivity index (χ3v) is 3.93. The van der Waals surface area contributed by atoms with Gasteiger partial charge in [-0.1, -0.05) is 30.3 Å². The Bertz CT molecular complexity index is 716. The van der Waals surface area contributed by atoms with Gasteiger partial charge in [0.2, 0.25) is 5.91 Å². The van der Waals surface area contributed by atoms with E-state index in [1.54, 1.807) is 51.1 Å². The zero-order valence-electron chi connectivity index (χ0n) is 14.3. The molecule has 0 radical (unpaired) electrons. The van der Waals surface area contributed by atoms with Crippen molar-refractivity contribution in [1.29, 1.82) is 0 Å². The van der Waals surface area contributed by atoms with Gasteiger partial charge in [-0.3, -0.25) is 9.59 Å². The van der Waals surface area contributed by atoms with Crippen LogP contribution in [0.3, 0.4) is 0 Å². The summed E-state index contributed by atoms with van der Waals surface area (Å²) in [6.07, 6.45) is 0.231. The van der Waals surface area contributed by atoms with Gasteiger partial charge in [0.05, 0.1) is 6.54 Å². The molecule has 2 N–H and O–H groups in total. The second-order valence-electron chi connectivity index (χ2n) is 6.17. The number of ketones is 1. The molecule has 24 heavy (non-hydrogen) atoms. The smallest absolute Gasteiger partial charge is 0.220 e. The molecule has 0 spiro atoms. The quantitative estimate of drug-likeness (QED) is 0.766. The van der Waals surface area contributed by atoms with Gasteiger partial charge in [-0.25, -0.2) is 0 Å². The van der Waals surface area contributed by atoms with Gasteiger partial charge >= 0.3 is 0 Å². The molecule has 0 aliphatic rings. The standard InChI is InChI=1S/C19H23NO4/c1-13-11-16(14(2)24-13)19(3,23)12-20-18(22)10-9-17(21)15-7-5-4-6-8-15/h4-8,11,23H,9-10,12H2,1-3H3,(H,20,22). The zero-order valence-corrected chi connectivity index (χ0v) is 14.3. The molecule has 0 aliphatic heterocycles. The molecule has 1 unspecified atom stereocenters. The van der Waals surface area contributed by atoms with Crippen LogP contribution in [0.15, 0.2) is 40.8 Å². The zero-order chi connectivity index (χ0) is 17.7. The number of aryl methyl sites for hydroxylation is 2. The van der Waals surface area contributed by atoms with Crippen molar-refractivity contribution in [3.05, 3.63) is 59.0 Å². The van der Waals surface area contributed by atoms with Crippen LogP contribution in [0.5, 0.6) is 0 Å². The summed E-state index contributed by atoms with van der Waals surface area (Å²) in [5.74, 6) is 1.00. The molecule has 5 heteroatoms. The van der Waals surface area contributed by atoms with E-state index in [2.05, 4.69) is 5.32 Å². The first-order chi connectivity index (χ1) is 11.3. The number of carbonyl (C=O) groups excluding carboxylic acids is 2. The fourth-order valence-electron chi connectivity index (χ4n) is 2.62. The number of nitrogens with one attached hydrogen (secondary N) is 1. The van der Waals surface area contributed by atoms with E-state index in [1.807, 2.05) is 6.07 Å². The van der Waals surface area contributed by atoms with Crippen LogP contribution in [0.25, 0.3) is 0 Å². The molecule has 0 saturated carbocycles. The van der Waals surface area contributed by atoms with Gasteiger partial charge in [0, 0.05) is 24.0 Å². The summed E-state index contributed by atoms with van der Waals surface area (Å²) in [6.45, 7) is 5.27. The largest absolute Gasteiger partial charge is 0.466 e. The number of Topliss-reactive ketones (excluding diaryl/α,β-unsaturated/α-hetero) is 1. The second kappa shape index (κ2) is 7.45. The summed E-state index contributed by atoms with van der Waals surface area (Å²) in [6, 6.07) is 10.6. The van der Waals surface area contributed by atoms with Crippen molar-refractivity contribution in [2.24, 2.45) is 0 Å². The lowest BCUT2D eigenvalue weighted by Crippen LogP contribution is -2.38. The van der Waals surface area contributed by atoms with Crippen LogP contribution < -0.4 is 5.32 Å². The molecule has 2 rings (SSSR count). The molecule has 1 aromatic heterocycles. The summed E-state index contributed by atoms with van der Waals surface area (Å²) in [4.78, 5) is 23.9. The van der Waals surface area contributed by atoms with Crippen molar-refractivity contribution >= 4 is 11.7 Å². The summed E-state index contributed by atoms with van der Waals surface area (Å²) in [5.41, 5.74) is 0.0310. The van der Waals surface area contributed by atoms with E-state index >= 15 is 0 Å². The molecule has 0 saturated heterocycles. The monoisotopic (exact) mass is 329 g/mol. The van der Waals surface area contributed by atoms with Gasteiger partial charge in [-0.15, -0.1) is 0 Å². The minimum atomic E-state index is -1.22. The Kier molecular flexibility index (Phi) is 5.57. The van der Waals surface area contributed by atoms with Crippen molar-refractivity contribution in [2.45, 2.75) is 39.2 Å². The third-order valence-electron chi connectivity index (χ3n) is 3.93. The summed E-state index contributed by atoms with van der Waals surface area (Å²) in [5, 5.41) is 13.2. The average molecular weight is 329 g/mol. The molecule has 5 nitrogen and oxygen atoms in total. The molecule has 0 fully saturated rings. The number of amides is 1. The number of furan rings is 1. The number of carbonyl (C=O) groups is 2. The lowest BCUT2D eigenvalue weighted by atomic mass is 9.96. The number of benzene rings is 1. The highest BCUT2D eigenvalue weighted by Crippen LogP contribution is 2.26. The summed E-state index contributed by atoms with van der Waals surface area (Å²) >= 11 is 0. The molecule has 2 aromatic rings. The van der Waals surface area contributed by atoms with Crippen molar-refractivity contribution in [3.8, 4) is 0 Å². The second-order valence-corrected chi connectivity index (χ2v) is 6.17. The molecule has 0 aliphatic carbocycles. The molecule has 0 bridgehead atoms. The fraction of sp³-hybridized carbons (Fsp3) is 0.368. The highest BCUT2D eigenvalue weighted by atomic mass is 16.3. The van der Waals surface area contributed by atoms with Crippen LogP contribution in [-0.2, 0) is 10.4 Å². The van der Waals surface area contributed by atoms with E-state index in [-0.39, 0.29) is 31.1 Å². The Morgan fingerprint density at radius 1 is 1.17 bits per heavy atom. The normalized spacial score (nSPS) is 13.3. The first kappa shape index (κ1) is 17.9. The number of hydrogen-bond acceptors (Lipinski definition) is 4. The van der Waals surface area contributed by atoms with Gasteiger partial charge in [-0.05, 0) is 26.8 Å². The minimum Gasteiger partial charge on any atom is -0.466 e. The Hall–Kier alpha value is -2.40. The third kappa shape index (κ3) is 4.55. The van der Waals surface area contributed by atoms with E-state index in [0.29, 0.717) is 22.6 Å². The molecule has 128 valence electrons. The van der Waals surface area contributed by atoms with E-state index in [1.165, 1.54) is 0 Å². The van der Waals surface area contributed by atoms with Gasteiger partial charge in [0.15, 0.2) is 5.78 Å². The first-order valence-electron chi connectivity index (χ1n) is 7.94. The van der Waals surface area contributed by atoms with E-state index < -0.39 is 5.60 Å². The van der Waals surface area contributed by atoms with Crippen LogP contribution in [0.2, 0.25) is 0 Å². The van der Waals surface area contributed by atoms with Crippen LogP contribution in [0, 0.1) is 13.8 Å². The molecule has 1 atom stereocenters. The van der Waals surface area contributed by atoms with Gasteiger partial charge in [-0.2, -0.15) is 0 Å². The SMILES string of the molecule is Cc1cc(C(C)(O)CNC(=O)CCC(=O)c2ccccc2)c(C)o1. The predicted octanol–water partition coefficient (Wildman–Crippen LogP) is 2.88. The average Bonchev–Trinajstić information content (AvgIpc) is 2.91. The lowest BCUT2D eigenvalue weighted by Gasteiger charge is -2.23. The van der Waals surface area contributed by atoms with Gasteiger partial charge in [0.25, 0.3) is 0 Å². The molecule has 1 amide bonds. The van der Waals surface area contributed by atoms with Crippen LogP contribution >= 0.6 is 0 Å². The maximum absolute atomic E-state index is 12.0. The Morgan fingerprint density at radius 3 is 2.42 bits per heavy atom. The van der Waals surface area contributed by atoms with Crippen molar-refractivity contribution in [1.82, 2.24) is 5.32 Å². The highest BCUT2D eigenvalue weighted by molar-refractivity contribution is 5.97. The van der Waals surface area contributed by atoms with E-state index in [4.69, 9.17) is 4.42 Å². The number of rotatable bonds is 7. The predicted molar refractivity (Wildman–Crippen MR) is 90.8 cm³/mol. The molecule has 1 aromatic carbocycles. The van der Waals surface area contributed by atoms with E-state index in [0.717, 1.165) is 0 Å². The Morgan fingerprint density at radius 2 is 1.83 bits per heavy atom. The molecular weight excluding hydrogens is 306 g/mol. The fourth-order valence-corrected chi connectivity index (χ4v) is 2.62. The molecular formula is C19H23NO4. The number of hydrogen-bond donors (Lipinski definition) is 2. The topological polar surface area (TPSA) is 79.5 Å². The Balaban J connectivity index is 1.84. The van der Waals surface area contributed by atoms with Gasteiger partial charge in [0.1, 0.15) is 17.1 Å². The van der Waals surface area contributed by atoms with Gasteiger partial charge < -0.3 is 14.8 Å². The van der Waals surface area contributed by atoms with Crippen molar-refractivity contribution < 1.29 is 19.1 Å². The maximum atomic E-state index is 12.0. The van der Waals surface area contributed by atoms with Crippen LogP contribution in [-0.4, -0.2) is 23.3 Å². The van der Waals surface area contributed by atoms with Crippen molar-refractivity contribution in [3.63, 3.8) is 0 Å².